The van der Waals surface area contributed by atoms with Gasteiger partial charge in [-0.25, -0.2) is 0 Å². The lowest BCUT2D eigenvalue weighted by Gasteiger charge is -1.96. The zero-order valence-corrected chi connectivity index (χ0v) is 8.13. The van der Waals surface area contributed by atoms with E-state index in [0.29, 0.717) is 12.1 Å². The maximum absolute atomic E-state index is 12.6. The van der Waals surface area contributed by atoms with Crippen LogP contribution in [0.15, 0.2) is 18.2 Å². The first kappa shape index (κ1) is 11.3. The molecule has 0 aliphatic rings. The Labute approximate surface area is 85.8 Å². The number of amides is 1. The molecule has 1 aromatic heterocycles. The molecule has 1 heterocycles. The number of nitrogens with one attached hydrogen (secondary N) is 1. The molecule has 0 spiro atoms. The van der Waals surface area contributed by atoms with E-state index in [2.05, 4.69) is 10.3 Å². The van der Waals surface area contributed by atoms with E-state index in [1.165, 1.54) is 13.0 Å². The van der Waals surface area contributed by atoms with E-state index in [-0.39, 0.29) is 5.91 Å². The zero-order valence-electron chi connectivity index (χ0n) is 8.13. The van der Waals surface area contributed by atoms with Crippen molar-refractivity contribution in [2.24, 2.45) is 0 Å². The second-order valence-corrected chi connectivity index (χ2v) is 2.89. The van der Waals surface area contributed by atoms with Crippen LogP contribution in [0.25, 0.3) is 6.08 Å². The molecule has 0 aliphatic heterocycles. The number of pyridine rings is 1. The molecular weight excluding hydrogens is 202 g/mol. The van der Waals surface area contributed by atoms with Gasteiger partial charge in [0.2, 0.25) is 17.8 Å². The normalized spacial score (nSPS) is 10.6. The molecule has 0 aromatic carbocycles. The molecule has 0 bridgehead atoms. The first-order chi connectivity index (χ1) is 7.08. The Balaban J connectivity index is 2.60. The van der Waals surface area contributed by atoms with E-state index in [1.54, 1.807) is 6.08 Å². The number of halogens is 2. The van der Waals surface area contributed by atoms with Gasteiger partial charge in [-0.05, 0) is 5.56 Å². The van der Waals surface area contributed by atoms with Crippen molar-refractivity contribution in [1.29, 1.82) is 0 Å². The summed E-state index contributed by atoms with van der Waals surface area (Å²) in [5.74, 6) is -1.89. The molecule has 1 amide bonds. The number of carbonyl (C=O) groups excluding carboxylic acids is 1. The summed E-state index contributed by atoms with van der Waals surface area (Å²) in [6.45, 7) is 1.71. The molecule has 0 aliphatic carbocycles. The average Bonchev–Trinajstić information content (AvgIpc) is 2.10. The first-order valence-electron chi connectivity index (χ1n) is 4.32. The topological polar surface area (TPSA) is 42.0 Å². The van der Waals surface area contributed by atoms with Crippen molar-refractivity contribution in [2.45, 2.75) is 6.92 Å². The highest BCUT2D eigenvalue weighted by Crippen LogP contribution is 2.05. The summed E-state index contributed by atoms with van der Waals surface area (Å²) in [4.78, 5) is 13.4. The van der Waals surface area contributed by atoms with Crippen LogP contribution < -0.4 is 5.32 Å². The summed E-state index contributed by atoms with van der Waals surface area (Å²) in [6, 6.07) is 2.21. The average molecular weight is 212 g/mol. The number of nitrogens with zero attached hydrogens (tertiary/aromatic N) is 1. The van der Waals surface area contributed by atoms with Crippen molar-refractivity contribution in [3.63, 3.8) is 0 Å². The van der Waals surface area contributed by atoms with Gasteiger partial charge in [-0.1, -0.05) is 12.2 Å². The van der Waals surface area contributed by atoms with E-state index < -0.39 is 11.9 Å². The minimum absolute atomic E-state index is 0.160. The van der Waals surface area contributed by atoms with Gasteiger partial charge in [-0.3, -0.25) is 4.79 Å². The predicted molar refractivity (Wildman–Crippen MR) is 51.9 cm³/mol. The summed E-state index contributed by atoms with van der Waals surface area (Å²) in [6.07, 6.45) is 3.10. The quantitative estimate of drug-likeness (QED) is 0.771. The van der Waals surface area contributed by atoms with E-state index >= 15 is 0 Å². The maximum Gasteiger partial charge on any atom is 0.217 e. The number of aromatic nitrogens is 1. The molecule has 0 saturated heterocycles. The van der Waals surface area contributed by atoms with Gasteiger partial charge in [0, 0.05) is 25.6 Å². The van der Waals surface area contributed by atoms with E-state index in [4.69, 9.17) is 0 Å². The second kappa shape index (κ2) is 5.19. The lowest BCUT2D eigenvalue weighted by atomic mass is 10.2. The van der Waals surface area contributed by atoms with E-state index in [1.807, 2.05) is 0 Å². The summed E-state index contributed by atoms with van der Waals surface area (Å²) in [5, 5.41) is 2.52. The largest absolute Gasteiger partial charge is 0.353 e. The molecule has 0 unspecified atom stereocenters. The highest BCUT2D eigenvalue weighted by molar-refractivity contribution is 5.73. The van der Waals surface area contributed by atoms with Crippen LogP contribution in [0.4, 0.5) is 8.78 Å². The third-order valence-corrected chi connectivity index (χ3v) is 1.56. The molecule has 1 aromatic rings. The van der Waals surface area contributed by atoms with Gasteiger partial charge in [0.25, 0.3) is 0 Å². The lowest BCUT2D eigenvalue weighted by molar-refractivity contribution is -0.118. The van der Waals surface area contributed by atoms with Gasteiger partial charge < -0.3 is 5.32 Å². The number of hydrogen-bond donors (Lipinski definition) is 1. The number of carbonyl (C=O) groups is 1. The van der Waals surface area contributed by atoms with Crippen molar-refractivity contribution >= 4 is 12.0 Å². The van der Waals surface area contributed by atoms with Crippen molar-refractivity contribution in [3.05, 3.63) is 35.7 Å². The van der Waals surface area contributed by atoms with Crippen LogP contribution in [0, 0.1) is 11.9 Å². The molecule has 0 saturated carbocycles. The molecule has 5 heteroatoms. The molecule has 1 N–H and O–H groups in total. The number of rotatable bonds is 3. The second-order valence-electron chi connectivity index (χ2n) is 2.89. The van der Waals surface area contributed by atoms with Gasteiger partial charge in [0.05, 0.1) is 0 Å². The summed E-state index contributed by atoms with van der Waals surface area (Å²) in [7, 11) is 0. The predicted octanol–water partition coefficient (Wildman–Crippen LogP) is 1.51. The number of hydrogen-bond acceptors (Lipinski definition) is 2. The van der Waals surface area contributed by atoms with Crippen LogP contribution >= 0.6 is 0 Å². The summed E-state index contributed by atoms with van der Waals surface area (Å²) >= 11 is 0. The monoisotopic (exact) mass is 212 g/mol. The van der Waals surface area contributed by atoms with Gasteiger partial charge >= 0.3 is 0 Å². The SMILES string of the molecule is CC(=O)NCC=Cc1cc(F)nc(F)c1. The highest BCUT2D eigenvalue weighted by Gasteiger charge is 1.98. The highest BCUT2D eigenvalue weighted by atomic mass is 19.1. The first-order valence-corrected chi connectivity index (χ1v) is 4.32. The van der Waals surface area contributed by atoms with E-state index in [0.717, 1.165) is 12.1 Å². The van der Waals surface area contributed by atoms with Crippen LogP contribution in [0.1, 0.15) is 12.5 Å². The smallest absolute Gasteiger partial charge is 0.217 e. The van der Waals surface area contributed by atoms with Crippen molar-refractivity contribution < 1.29 is 13.6 Å². The Kier molecular flexibility index (Phi) is 3.91. The molecule has 3 nitrogen and oxygen atoms in total. The van der Waals surface area contributed by atoms with Gasteiger partial charge in [-0.15, -0.1) is 0 Å². The van der Waals surface area contributed by atoms with Crippen LogP contribution in [0.3, 0.4) is 0 Å². The van der Waals surface area contributed by atoms with Crippen LogP contribution in [-0.4, -0.2) is 17.4 Å². The third-order valence-electron chi connectivity index (χ3n) is 1.56. The van der Waals surface area contributed by atoms with Crippen LogP contribution in [0.2, 0.25) is 0 Å². The molecule has 1 rings (SSSR count). The molecule has 15 heavy (non-hydrogen) atoms. The molecule has 0 atom stereocenters. The summed E-state index contributed by atoms with van der Waals surface area (Å²) in [5.41, 5.74) is 0.366. The lowest BCUT2D eigenvalue weighted by Crippen LogP contribution is -2.19. The standard InChI is InChI=1S/C10H10F2N2O/c1-7(15)13-4-2-3-8-5-9(11)14-10(12)6-8/h2-3,5-6H,4H2,1H3,(H,13,15). The van der Waals surface area contributed by atoms with Crippen LogP contribution in [0.5, 0.6) is 0 Å². The minimum atomic E-state index is -0.867. The van der Waals surface area contributed by atoms with Gasteiger partial charge in [0.1, 0.15) is 0 Å². The maximum atomic E-state index is 12.6. The van der Waals surface area contributed by atoms with Crippen molar-refractivity contribution in [1.82, 2.24) is 10.3 Å². The Morgan fingerprint density at radius 3 is 2.60 bits per heavy atom. The Morgan fingerprint density at radius 1 is 1.47 bits per heavy atom. The van der Waals surface area contributed by atoms with Crippen molar-refractivity contribution in [2.75, 3.05) is 6.54 Å². The third kappa shape index (κ3) is 4.30. The minimum Gasteiger partial charge on any atom is -0.353 e. The molecular formula is C10H10F2N2O. The van der Waals surface area contributed by atoms with E-state index in [9.17, 15) is 13.6 Å². The fourth-order valence-electron chi connectivity index (χ4n) is 0.977. The van der Waals surface area contributed by atoms with Crippen molar-refractivity contribution in [3.8, 4) is 0 Å². The Hall–Kier alpha value is -1.78. The fraction of sp³-hybridized carbons (Fsp3) is 0.200. The summed E-state index contributed by atoms with van der Waals surface area (Å²) < 4.78 is 25.2. The fourth-order valence-corrected chi connectivity index (χ4v) is 0.977. The molecule has 0 fully saturated rings. The Morgan fingerprint density at radius 2 is 2.07 bits per heavy atom. The molecule has 0 radical (unpaired) electrons. The zero-order chi connectivity index (χ0) is 11.3. The Bertz CT molecular complexity index is 371. The van der Waals surface area contributed by atoms with Crippen LogP contribution in [-0.2, 0) is 4.79 Å². The molecule has 80 valence electrons. The van der Waals surface area contributed by atoms with Gasteiger partial charge in [-0.2, -0.15) is 13.8 Å². The van der Waals surface area contributed by atoms with Gasteiger partial charge in [0.15, 0.2) is 0 Å².